The van der Waals surface area contributed by atoms with Gasteiger partial charge in [-0.2, -0.15) is 5.10 Å². The van der Waals surface area contributed by atoms with E-state index in [1.54, 1.807) is 15.8 Å². The van der Waals surface area contributed by atoms with Crippen molar-refractivity contribution in [3.8, 4) is 5.69 Å². The number of carbonyl (C=O) groups is 2. The number of methoxy groups -OCH3 is 1. The number of urea groups is 1. The second kappa shape index (κ2) is 7.69. The smallest absolute Gasteiger partial charge is 0.409 e. The largest absolute Gasteiger partial charge is 0.453 e. The first-order valence-corrected chi connectivity index (χ1v) is 8.16. The Labute approximate surface area is 145 Å². The molecule has 132 valence electrons. The molecule has 0 bridgehead atoms. The van der Waals surface area contributed by atoms with Gasteiger partial charge in [0.05, 0.1) is 12.8 Å². The van der Waals surface area contributed by atoms with Crippen molar-refractivity contribution in [3.05, 3.63) is 42.7 Å². The van der Waals surface area contributed by atoms with E-state index in [2.05, 4.69) is 15.7 Å². The molecule has 0 radical (unpaired) electrons. The van der Waals surface area contributed by atoms with Crippen LogP contribution in [0.3, 0.4) is 0 Å². The molecule has 0 saturated carbocycles. The van der Waals surface area contributed by atoms with E-state index in [9.17, 15) is 9.59 Å². The Morgan fingerprint density at radius 1 is 1.32 bits per heavy atom. The van der Waals surface area contributed by atoms with Crippen molar-refractivity contribution in [2.45, 2.75) is 18.9 Å². The number of carbonyl (C=O) groups excluding carboxylic acids is 2. The number of nitrogens with zero attached hydrogens (tertiary/aromatic N) is 3. The Morgan fingerprint density at radius 2 is 2.20 bits per heavy atom. The molecule has 1 atom stereocenters. The molecule has 0 spiro atoms. The minimum absolute atomic E-state index is 0.0952. The van der Waals surface area contributed by atoms with Gasteiger partial charge in [-0.15, -0.1) is 0 Å². The highest BCUT2D eigenvalue weighted by Crippen LogP contribution is 2.15. The Kier molecular flexibility index (Phi) is 5.17. The number of likely N-dealkylation sites (tertiary alicyclic amines) is 1. The summed E-state index contributed by atoms with van der Waals surface area (Å²) in [6.45, 7) is 1.10. The average Bonchev–Trinajstić information content (AvgIpc) is 3.16. The van der Waals surface area contributed by atoms with Crippen LogP contribution in [0.15, 0.2) is 42.7 Å². The molecule has 2 N–H and O–H groups in total. The van der Waals surface area contributed by atoms with Gasteiger partial charge in [0, 0.05) is 37.2 Å². The molecule has 2 aromatic rings. The number of ether oxygens (including phenoxy) is 1. The summed E-state index contributed by atoms with van der Waals surface area (Å²) in [7, 11) is 1.36. The Balaban J connectivity index is 1.57. The maximum absolute atomic E-state index is 12.2. The van der Waals surface area contributed by atoms with E-state index in [1.165, 1.54) is 7.11 Å². The number of hydrogen-bond donors (Lipinski definition) is 2. The van der Waals surface area contributed by atoms with Gasteiger partial charge in [-0.25, -0.2) is 14.3 Å². The number of piperidine rings is 1. The van der Waals surface area contributed by atoms with Gasteiger partial charge in [0.25, 0.3) is 0 Å². The molecule has 1 aromatic carbocycles. The number of nitrogens with one attached hydrogen (secondary N) is 2. The summed E-state index contributed by atoms with van der Waals surface area (Å²) in [4.78, 5) is 25.5. The summed E-state index contributed by atoms with van der Waals surface area (Å²) in [5, 5.41) is 9.90. The Bertz CT molecular complexity index is 732. The fourth-order valence-electron chi connectivity index (χ4n) is 2.89. The first-order chi connectivity index (χ1) is 12.2. The fraction of sp³-hybridized carbons (Fsp3) is 0.353. The van der Waals surface area contributed by atoms with E-state index in [-0.39, 0.29) is 18.2 Å². The first-order valence-electron chi connectivity index (χ1n) is 8.16. The molecule has 3 rings (SSSR count). The highest BCUT2D eigenvalue weighted by molar-refractivity contribution is 5.89. The number of benzene rings is 1. The molecule has 25 heavy (non-hydrogen) atoms. The quantitative estimate of drug-likeness (QED) is 0.894. The van der Waals surface area contributed by atoms with Crippen LogP contribution in [0.5, 0.6) is 0 Å². The molecular weight excluding hydrogens is 322 g/mol. The number of rotatable bonds is 3. The summed E-state index contributed by atoms with van der Waals surface area (Å²) in [6, 6.07) is 8.86. The minimum atomic E-state index is -0.362. The Hall–Kier alpha value is -3.03. The second-order valence-electron chi connectivity index (χ2n) is 5.85. The lowest BCUT2D eigenvalue weighted by Gasteiger charge is -2.32. The molecule has 8 heteroatoms. The first kappa shape index (κ1) is 16.8. The summed E-state index contributed by atoms with van der Waals surface area (Å²) >= 11 is 0. The van der Waals surface area contributed by atoms with Gasteiger partial charge in [0.2, 0.25) is 0 Å². The predicted molar refractivity (Wildman–Crippen MR) is 92.7 cm³/mol. The third kappa shape index (κ3) is 4.28. The number of aromatic nitrogens is 2. The van der Waals surface area contributed by atoms with Crippen molar-refractivity contribution in [1.29, 1.82) is 0 Å². The Morgan fingerprint density at radius 3 is 2.96 bits per heavy atom. The maximum atomic E-state index is 12.2. The van der Waals surface area contributed by atoms with Gasteiger partial charge in [-0.3, -0.25) is 0 Å². The van der Waals surface area contributed by atoms with E-state index in [4.69, 9.17) is 4.74 Å². The van der Waals surface area contributed by atoms with Gasteiger partial charge in [-0.1, -0.05) is 6.07 Å². The van der Waals surface area contributed by atoms with E-state index in [1.807, 2.05) is 36.5 Å². The zero-order valence-electron chi connectivity index (χ0n) is 14.0. The number of anilines is 1. The number of hydrogen-bond acceptors (Lipinski definition) is 4. The van der Waals surface area contributed by atoms with Gasteiger partial charge in [0.15, 0.2) is 0 Å². The third-order valence-electron chi connectivity index (χ3n) is 4.06. The molecule has 1 aliphatic rings. The monoisotopic (exact) mass is 343 g/mol. The van der Waals surface area contributed by atoms with Crippen molar-refractivity contribution in [2.24, 2.45) is 0 Å². The second-order valence-corrected chi connectivity index (χ2v) is 5.85. The normalized spacial score (nSPS) is 17.0. The lowest BCUT2D eigenvalue weighted by molar-refractivity contribution is 0.108. The minimum Gasteiger partial charge on any atom is -0.453 e. The fourth-order valence-corrected chi connectivity index (χ4v) is 2.89. The highest BCUT2D eigenvalue weighted by Gasteiger charge is 2.25. The van der Waals surface area contributed by atoms with Crippen LogP contribution in [-0.4, -0.2) is 53.0 Å². The molecule has 1 fully saturated rings. The summed E-state index contributed by atoms with van der Waals surface area (Å²) in [5.41, 5.74) is 1.53. The molecule has 3 amide bonds. The van der Waals surface area contributed by atoms with Crippen molar-refractivity contribution in [1.82, 2.24) is 20.0 Å². The standard InChI is InChI=1S/C17H21N5O3/c1-25-17(24)21-9-3-6-14(12-21)20-16(23)19-13-5-2-7-15(11-13)22-10-4-8-18-22/h2,4-5,7-8,10-11,14H,3,6,9,12H2,1H3,(H2,19,20,23)/t14-/m0/s1. The zero-order chi connectivity index (χ0) is 17.6. The number of amides is 3. The molecule has 1 saturated heterocycles. The van der Waals surface area contributed by atoms with E-state index in [0.717, 1.165) is 18.5 Å². The molecule has 2 heterocycles. The van der Waals surface area contributed by atoms with Gasteiger partial charge in [-0.05, 0) is 37.1 Å². The van der Waals surface area contributed by atoms with Crippen LogP contribution >= 0.6 is 0 Å². The topological polar surface area (TPSA) is 88.5 Å². The van der Waals surface area contributed by atoms with Crippen LogP contribution in [-0.2, 0) is 4.74 Å². The molecule has 8 nitrogen and oxygen atoms in total. The third-order valence-corrected chi connectivity index (χ3v) is 4.06. The van der Waals surface area contributed by atoms with Crippen LogP contribution in [0.2, 0.25) is 0 Å². The summed E-state index contributed by atoms with van der Waals surface area (Å²) < 4.78 is 6.46. The van der Waals surface area contributed by atoms with Crippen LogP contribution < -0.4 is 10.6 Å². The lowest BCUT2D eigenvalue weighted by atomic mass is 10.1. The van der Waals surface area contributed by atoms with Crippen molar-refractivity contribution in [3.63, 3.8) is 0 Å². The van der Waals surface area contributed by atoms with Crippen LogP contribution in [0.25, 0.3) is 5.69 Å². The molecule has 0 aliphatic carbocycles. The summed E-state index contributed by atoms with van der Waals surface area (Å²) in [5.74, 6) is 0. The van der Waals surface area contributed by atoms with Crippen LogP contribution in [0.4, 0.5) is 15.3 Å². The van der Waals surface area contributed by atoms with Gasteiger partial charge < -0.3 is 20.3 Å². The predicted octanol–water partition coefficient (Wildman–Crippen LogP) is 2.22. The van der Waals surface area contributed by atoms with Gasteiger partial charge in [0.1, 0.15) is 0 Å². The summed E-state index contributed by atoms with van der Waals surface area (Å²) in [6.07, 6.45) is 4.83. The SMILES string of the molecule is COC(=O)N1CCC[C@H](NC(=O)Nc2cccc(-n3cccn3)c2)C1. The molecule has 0 unspecified atom stereocenters. The van der Waals surface area contributed by atoms with Crippen molar-refractivity contribution < 1.29 is 14.3 Å². The maximum Gasteiger partial charge on any atom is 0.409 e. The molecule has 1 aliphatic heterocycles. The van der Waals surface area contributed by atoms with Gasteiger partial charge >= 0.3 is 12.1 Å². The lowest BCUT2D eigenvalue weighted by Crippen LogP contribution is -2.50. The van der Waals surface area contributed by atoms with Crippen molar-refractivity contribution in [2.75, 3.05) is 25.5 Å². The van der Waals surface area contributed by atoms with Crippen molar-refractivity contribution >= 4 is 17.8 Å². The average molecular weight is 343 g/mol. The highest BCUT2D eigenvalue weighted by atomic mass is 16.5. The van der Waals surface area contributed by atoms with Crippen LogP contribution in [0, 0.1) is 0 Å². The molecule has 1 aromatic heterocycles. The molecular formula is C17H21N5O3. The van der Waals surface area contributed by atoms with E-state index < -0.39 is 0 Å². The van der Waals surface area contributed by atoms with E-state index >= 15 is 0 Å². The zero-order valence-corrected chi connectivity index (χ0v) is 14.0. The van der Waals surface area contributed by atoms with E-state index in [0.29, 0.717) is 18.8 Å². The van der Waals surface area contributed by atoms with Crippen LogP contribution in [0.1, 0.15) is 12.8 Å².